The number of halogens is 5. The lowest BCUT2D eigenvalue weighted by Gasteiger charge is -2.24. The van der Waals surface area contributed by atoms with Crippen molar-refractivity contribution >= 4 is 34.9 Å². The van der Waals surface area contributed by atoms with Crippen LogP contribution in [0.25, 0.3) is 11.3 Å². The standard InChI is InChI=1S/C26H18Cl2F3N3O2/c27-19-6-4-16(5-7-19)23-13-32-24(36-23)15-33-14-22(17-2-1-3-18(12-17)26(29,30)31)34(25(33)35)21-10-8-20(28)9-11-21/h1-13,22H,14-15H2/t22-/m1/s1. The topological polar surface area (TPSA) is 49.6 Å². The number of anilines is 1. The Morgan fingerprint density at radius 1 is 0.972 bits per heavy atom. The lowest BCUT2D eigenvalue weighted by molar-refractivity contribution is -0.137. The number of carbonyl (C=O) groups excluding carboxylic acids is 1. The van der Waals surface area contributed by atoms with E-state index in [-0.39, 0.29) is 19.1 Å². The molecule has 2 amide bonds. The van der Waals surface area contributed by atoms with Crippen molar-refractivity contribution in [1.82, 2.24) is 9.88 Å². The zero-order chi connectivity index (χ0) is 25.4. The largest absolute Gasteiger partial charge is 0.439 e. The van der Waals surface area contributed by atoms with Crippen LogP contribution in [0.3, 0.4) is 0 Å². The first-order chi connectivity index (χ1) is 17.2. The fraction of sp³-hybridized carbons (Fsp3) is 0.154. The van der Waals surface area contributed by atoms with Crippen molar-refractivity contribution < 1.29 is 22.4 Å². The first-order valence-electron chi connectivity index (χ1n) is 10.9. The van der Waals surface area contributed by atoms with Crippen LogP contribution in [-0.4, -0.2) is 22.5 Å². The van der Waals surface area contributed by atoms with Gasteiger partial charge in [0, 0.05) is 27.8 Å². The van der Waals surface area contributed by atoms with Crippen LogP contribution in [0.5, 0.6) is 0 Å². The molecule has 3 aromatic carbocycles. The van der Waals surface area contributed by atoms with Crippen molar-refractivity contribution in [2.24, 2.45) is 0 Å². The number of aromatic nitrogens is 1. The second-order valence-corrected chi connectivity index (χ2v) is 9.15. The normalized spacial score (nSPS) is 16.1. The Balaban J connectivity index is 1.45. The van der Waals surface area contributed by atoms with Crippen LogP contribution in [0.2, 0.25) is 10.0 Å². The van der Waals surface area contributed by atoms with E-state index in [0.29, 0.717) is 32.9 Å². The van der Waals surface area contributed by atoms with Gasteiger partial charge in [0.1, 0.15) is 0 Å². The number of carbonyl (C=O) groups is 1. The van der Waals surface area contributed by atoms with E-state index in [2.05, 4.69) is 4.98 Å². The van der Waals surface area contributed by atoms with Gasteiger partial charge in [-0.2, -0.15) is 13.2 Å². The molecule has 5 nitrogen and oxygen atoms in total. The molecule has 0 N–H and O–H groups in total. The Hall–Kier alpha value is -3.49. The molecule has 4 aromatic rings. The van der Waals surface area contributed by atoms with E-state index in [1.807, 2.05) is 0 Å². The van der Waals surface area contributed by atoms with Crippen LogP contribution >= 0.6 is 23.2 Å². The summed E-state index contributed by atoms with van der Waals surface area (Å²) in [6, 6.07) is 17.6. The molecule has 0 saturated carbocycles. The molecule has 184 valence electrons. The lowest BCUT2D eigenvalue weighted by atomic mass is 10.0. The molecule has 1 fully saturated rings. The number of amides is 2. The molecule has 1 aliphatic rings. The highest BCUT2D eigenvalue weighted by atomic mass is 35.5. The summed E-state index contributed by atoms with van der Waals surface area (Å²) in [6.07, 6.45) is -2.94. The molecule has 2 heterocycles. The van der Waals surface area contributed by atoms with E-state index in [0.717, 1.165) is 17.7 Å². The van der Waals surface area contributed by atoms with E-state index < -0.39 is 17.8 Å². The van der Waals surface area contributed by atoms with E-state index in [1.165, 1.54) is 15.9 Å². The number of alkyl halides is 3. The predicted octanol–water partition coefficient (Wildman–Crippen LogP) is 7.85. The fourth-order valence-corrected chi connectivity index (χ4v) is 4.40. The van der Waals surface area contributed by atoms with Gasteiger partial charge in [-0.05, 0) is 66.2 Å². The minimum Gasteiger partial charge on any atom is -0.439 e. The van der Waals surface area contributed by atoms with Gasteiger partial charge in [0.05, 0.1) is 24.3 Å². The van der Waals surface area contributed by atoms with Gasteiger partial charge in [-0.1, -0.05) is 35.3 Å². The van der Waals surface area contributed by atoms with Crippen LogP contribution in [0.15, 0.2) is 83.4 Å². The lowest BCUT2D eigenvalue weighted by Crippen LogP contribution is -2.32. The summed E-state index contributed by atoms with van der Waals surface area (Å²) in [5.41, 5.74) is 0.881. The van der Waals surface area contributed by atoms with Gasteiger partial charge in [-0.15, -0.1) is 0 Å². The third-order valence-electron chi connectivity index (χ3n) is 5.89. The Labute approximate surface area is 214 Å². The fourth-order valence-electron chi connectivity index (χ4n) is 4.15. The molecule has 5 rings (SSSR count). The second kappa shape index (κ2) is 9.52. The molecule has 0 bridgehead atoms. The molecule has 1 aliphatic heterocycles. The Morgan fingerprint density at radius 2 is 1.64 bits per heavy atom. The molecular formula is C26H18Cl2F3N3O2. The van der Waals surface area contributed by atoms with Crippen molar-refractivity contribution in [3.8, 4) is 11.3 Å². The van der Waals surface area contributed by atoms with Gasteiger partial charge in [0.2, 0.25) is 5.89 Å². The number of oxazole rings is 1. The molecule has 10 heteroatoms. The van der Waals surface area contributed by atoms with E-state index >= 15 is 0 Å². The van der Waals surface area contributed by atoms with Gasteiger partial charge >= 0.3 is 12.2 Å². The van der Waals surface area contributed by atoms with Crippen LogP contribution in [0.4, 0.5) is 23.7 Å². The van der Waals surface area contributed by atoms with Gasteiger partial charge in [-0.3, -0.25) is 4.90 Å². The number of benzene rings is 3. The molecule has 1 aromatic heterocycles. The van der Waals surface area contributed by atoms with Crippen molar-refractivity contribution in [1.29, 1.82) is 0 Å². The van der Waals surface area contributed by atoms with Gasteiger partial charge in [-0.25, -0.2) is 9.78 Å². The number of nitrogens with zero attached hydrogens (tertiary/aromatic N) is 3. The molecule has 0 spiro atoms. The van der Waals surface area contributed by atoms with Crippen molar-refractivity contribution in [2.45, 2.75) is 18.8 Å². The molecular weight excluding hydrogens is 514 g/mol. The molecule has 1 atom stereocenters. The summed E-state index contributed by atoms with van der Waals surface area (Å²) in [7, 11) is 0. The summed E-state index contributed by atoms with van der Waals surface area (Å²) in [4.78, 5) is 20.7. The van der Waals surface area contributed by atoms with Crippen molar-refractivity contribution in [3.05, 3.63) is 106 Å². The smallest absolute Gasteiger partial charge is 0.416 e. The average Bonchev–Trinajstić information content (AvgIpc) is 3.45. The number of rotatable bonds is 5. The Kier molecular flexibility index (Phi) is 6.40. The molecule has 0 aliphatic carbocycles. The maximum Gasteiger partial charge on any atom is 0.416 e. The molecule has 0 radical (unpaired) electrons. The third-order valence-corrected chi connectivity index (χ3v) is 6.40. The highest BCUT2D eigenvalue weighted by Crippen LogP contribution is 2.38. The predicted molar refractivity (Wildman–Crippen MR) is 131 cm³/mol. The quantitative estimate of drug-likeness (QED) is 0.263. The molecule has 0 unspecified atom stereocenters. The number of urea groups is 1. The SMILES string of the molecule is O=C1N(Cc2ncc(-c3ccc(Cl)cc3)o2)C[C@H](c2cccc(C(F)(F)F)c2)N1c1ccc(Cl)cc1. The van der Waals surface area contributed by atoms with Gasteiger partial charge in [0.15, 0.2) is 5.76 Å². The van der Waals surface area contributed by atoms with Crippen LogP contribution in [0.1, 0.15) is 23.1 Å². The second-order valence-electron chi connectivity index (χ2n) is 8.27. The minimum atomic E-state index is -4.50. The summed E-state index contributed by atoms with van der Waals surface area (Å²) < 4.78 is 46.0. The number of hydrogen-bond acceptors (Lipinski definition) is 3. The van der Waals surface area contributed by atoms with Gasteiger partial charge in [0.25, 0.3) is 0 Å². The Morgan fingerprint density at radius 3 is 2.31 bits per heavy atom. The first-order valence-corrected chi connectivity index (χ1v) is 11.7. The van der Waals surface area contributed by atoms with Crippen LogP contribution in [0, 0.1) is 0 Å². The van der Waals surface area contributed by atoms with E-state index in [4.69, 9.17) is 27.6 Å². The summed E-state index contributed by atoms with van der Waals surface area (Å²) >= 11 is 12.0. The van der Waals surface area contributed by atoms with Gasteiger partial charge < -0.3 is 9.32 Å². The average molecular weight is 532 g/mol. The summed E-state index contributed by atoms with van der Waals surface area (Å²) in [5, 5.41) is 1.07. The van der Waals surface area contributed by atoms with Crippen molar-refractivity contribution in [3.63, 3.8) is 0 Å². The molecule has 36 heavy (non-hydrogen) atoms. The zero-order valence-corrected chi connectivity index (χ0v) is 20.1. The summed E-state index contributed by atoms with van der Waals surface area (Å²) in [5.74, 6) is 0.811. The number of hydrogen-bond donors (Lipinski definition) is 0. The highest BCUT2D eigenvalue weighted by Gasteiger charge is 2.41. The highest BCUT2D eigenvalue weighted by molar-refractivity contribution is 6.30. The Bertz CT molecular complexity index is 1390. The molecule has 1 saturated heterocycles. The van der Waals surface area contributed by atoms with Crippen molar-refractivity contribution in [2.75, 3.05) is 11.4 Å². The zero-order valence-electron chi connectivity index (χ0n) is 18.5. The first kappa shape index (κ1) is 24.2. The van der Waals surface area contributed by atoms with Crippen LogP contribution < -0.4 is 4.90 Å². The maximum absolute atomic E-state index is 13.5. The monoisotopic (exact) mass is 531 g/mol. The third kappa shape index (κ3) is 4.92. The minimum absolute atomic E-state index is 0.0476. The van der Waals surface area contributed by atoms with E-state index in [9.17, 15) is 18.0 Å². The summed E-state index contributed by atoms with van der Waals surface area (Å²) in [6.45, 7) is 0.188. The van der Waals surface area contributed by atoms with E-state index in [1.54, 1.807) is 60.8 Å². The van der Waals surface area contributed by atoms with Crippen LogP contribution in [-0.2, 0) is 12.7 Å². The maximum atomic E-state index is 13.5.